The topological polar surface area (TPSA) is 98.1 Å². The Balaban J connectivity index is 2.08. The molecule has 2 atom stereocenters. The van der Waals surface area contributed by atoms with Gasteiger partial charge in [-0.3, -0.25) is 9.69 Å². The van der Waals surface area contributed by atoms with E-state index in [1.54, 1.807) is 13.8 Å². The van der Waals surface area contributed by atoms with Gasteiger partial charge in [0.25, 0.3) is 0 Å². The highest BCUT2D eigenvalue weighted by molar-refractivity contribution is 6.31. The van der Waals surface area contributed by atoms with E-state index in [1.807, 2.05) is 24.3 Å². The normalized spacial score (nSPS) is 20.3. The van der Waals surface area contributed by atoms with Crippen LogP contribution in [0.4, 0.5) is 0 Å². The molecule has 7 heteroatoms. The van der Waals surface area contributed by atoms with E-state index in [-0.39, 0.29) is 6.04 Å². The van der Waals surface area contributed by atoms with Gasteiger partial charge in [0.15, 0.2) is 0 Å². The Bertz CT molecular complexity index is 777. The molecule has 0 bridgehead atoms. The summed E-state index contributed by atoms with van der Waals surface area (Å²) in [5.74, 6) is -1.83. The van der Waals surface area contributed by atoms with E-state index >= 15 is 0 Å². The molecule has 1 aromatic rings. The molecule has 0 aliphatic carbocycles. The lowest BCUT2D eigenvalue weighted by molar-refractivity contribution is -0.147. The Morgan fingerprint density at radius 3 is 2.57 bits per heavy atom. The van der Waals surface area contributed by atoms with Crippen LogP contribution in [0.1, 0.15) is 64.0 Å². The quantitative estimate of drug-likeness (QED) is 0.367. The van der Waals surface area contributed by atoms with Crippen LogP contribution in [0.25, 0.3) is 0 Å². The Labute approximate surface area is 183 Å². The van der Waals surface area contributed by atoms with Gasteiger partial charge in [0.1, 0.15) is 0 Å². The van der Waals surface area contributed by atoms with Crippen LogP contribution in [0, 0.1) is 5.41 Å². The van der Waals surface area contributed by atoms with Gasteiger partial charge in [0.05, 0.1) is 11.5 Å². The number of aliphatic hydroxyl groups is 1. The number of aliphatic hydroxyl groups excluding tert-OH is 1. The van der Waals surface area contributed by atoms with Crippen molar-refractivity contribution in [3.8, 4) is 0 Å². The highest BCUT2D eigenvalue weighted by atomic mass is 35.5. The summed E-state index contributed by atoms with van der Waals surface area (Å²) in [6.45, 7) is 4.53. The summed E-state index contributed by atoms with van der Waals surface area (Å²) < 4.78 is 0. The molecule has 2 unspecified atom stereocenters. The number of hydrogen-bond acceptors (Lipinski definition) is 4. The molecular formula is C23H32ClNO5. The maximum absolute atomic E-state index is 11.3. The molecule has 0 amide bonds. The zero-order valence-corrected chi connectivity index (χ0v) is 18.4. The molecule has 0 spiro atoms. The molecule has 166 valence electrons. The smallest absolute Gasteiger partial charge is 0.328 e. The van der Waals surface area contributed by atoms with Crippen molar-refractivity contribution in [1.82, 2.24) is 4.90 Å². The van der Waals surface area contributed by atoms with Crippen molar-refractivity contribution in [3.05, 3.63) is 46.5 Å². The molecule has 6 nitrogen and oxygen atoms in total. The molecule has 2 rings (SSSR count). The number of piperidine rings is 1. The van der Waals surface area contributed by atoms with Gasteiger partial charge >= 0.3 is 11.9 Å². The number of nitrogens with zero attached hydrogens (tertiary/aromatic N) is 1. The number of carboxylic acid groups (broad SMARTS) is 2. The second-order valence-electron chi connectivity index (χ2n) is 8.66. The SMILES string of the molecule is CC(C)(CCCCCC(c1ccccc1Cl)N1CCC(O)/C(=C/C(=O)O)C1)C(=O)O. The number of carbonyl (C=O) groups is 2. The molecule has 0 radical (unpaired) electrons. The molecule has 0 aromatic heterocycles. The van der Waals surface area contributed by atoms with Crippen LogP contribution < -0.4 is 0 Å². The highest BCUT2D eigenvalue weighted by Crippen LogP contribution is 2.35. The highest BCUT2D eigenvalue weighted by Gasteiger charge is 2.30. The number of rotatable bonds is 10. The number of hydrogen-bond donors (Lipinski definition) is 3. The van der Waals surface area contributed by atoms with E-state index in [2.05, 4.69) is 4.90 Å². The van der Waals surface area contributed by atoms with Crippen LogP contribution in [-0.2, 0) is 9.59 Å². The van der Waals surface area contributed by atoms with Crippen molar-refractivity contribution in [2.45, 2.75) is 64.5 Å². The maximum atomic E-state index is 11.3. The average Bonchev–Trinajstić information content (AvgIpc) is 2.67. The van der Waals surface area contributed by atoms with Crippen LogP contribution in [0.5, 0.6) is 0 Å². The fourth-order valence-corrected chi connectivity index (χ4v) is 4.19. The average molecular weight is 438 g/mol. The van der Waals surface area contributed by atoms with Crippen molar-refractivity contribution in [1.29, 1.82) is 0 Å². The van der Waals surface area contributed by atoms with Crippen LogP contribution in [-0.4, -0.2) is 51.4 Å². The molecule has 1 fully saturated rings. The second-order valence-corrected chi connectivity index (χ2v) is 9.07. The molecule has 3 N–H and O–H groups in total. The molecule has 1 saturated heterocycles. The molecule has 1 aromatic carbocycles. The zero-order chi connectivity index (χ0) is 22.3. The van der Waals surface area contributed by atoms with E-state index < -0.39 is 23.5 Å². The Hall–Kier alpha value is -1.89. The summed E-state index contributed by atoms with van der Waals surface area (Å²) in [5.41, 5.74) is 0.784. The monoisotopic (exact) mass is 437 g/mol. The summed E-state index contributed by atoms with van der Waals surface area (Å²) in [4.78, 5) is 24.6. The molecule has 1 heterocycles. The summed E-state index contributed by atoms with van der Waals surface area (Å²) in [7, 11) is 0. The fourth-order valence-electron chi connectivity index (χ4n) is 3.93. The van der Waals surface area contributed by atoms with Gasteiger partial charge in [-0.25, -0.2) is 4.79 Å². The van der Waals surface area contributed by atoms with E-state index in [9.17, 15) is 19.8 Å². The van der Waals surface area contributed by atoms with Crippen molar-refractivity contribution in [2.75, 3.05) is 13.1 Å². The third-order valence-electron chi connectivity index (χ3n) is 5.88. The van der Waals surface area contributed by atoms with E-state index in [0.717, 1.165) is 37.3 Å². The maximum Gasteiger partial charge on any atom is 0.328 e. The summed E-state index contributed by atoms with van der Waals surface area (Å²) in [5, 5.41) is 29.2. The van der Waals surface area contributed by atoms with Gasteiger partial charge in [-0.05, 0) is 50.3 Å². The molecule has 0 saturated carbocycles. The van der Waals surface area contributed by atoms with Crippen LogP contribution in [0.2, 0.25) is 5.02 Å². The van der Waals surface area contributed by atoms with E-state index in [1.165, 1.54) is 0 Å². The first-order valence-corrected chi connectivity index (χ1v) is 10.8. The first kappa shape index (κ1) is 24.4. The van der Waals surface area contributed by atoms with Gasteiger partial charge < -0.3 is 15.3 Å². The van der Waals surface area contributed by atoms with Gasteiger partial charge in [0, 0.05) is 30.2 Å². The van der Waals surface area contributed by atoms with Crippen molar-refractivity contribution >= 4 is 23.5 Å². The third kappa shape index (κ3) is 6.83. The Morgan fingerprint density at radius 2 is 1.93 bits per heavy atom. The van der Waals surface area contributed by atoms with Crippen molar-refractivity contribution < 1.29 is 24.9 Å². The Kier molecular flexibility index (Phi) is 8.89. The van der Waals surface area contributed by atoms with Gasteiger partial charge in [0.2, 0.25) is 0 Å². The van der Waals surface area contributed by atoms with Gasteiger partial charge in [-0.15, -0.1) is 0 Å². The second kappa shape index (κ2) is 10.9. The summed E-state index contributed by atoms with van der Waals surface area (Å²) in [6.07, 6.45) is 4.95. The minimum absolute atomic E-state index is 0.0101. The fraction of sp³-hybridized carbons (Fsp3) is 0.565. The van der Waals surface area contributed by atoms with E-state index in [0.29, 0.717) is 36.5 Å². The minimum Gasteiger partial charge on any atom is -0.481 e. The lowest BCUT2D eigenvalue weighted by Gasteiger charge is -2.38. The van der Waals surface area contributed by atoms with Gasteiger partial charge in [-0.2, -0.15) is 0 Å². The third-order valence-corrected chi connectivity index (χ3v) is 6.22. The van der Waals surface area contributed by atoms with Crippen molar-refractivity contribution in [2.24, 2.45) is 5.41 Å². The molecule has 30 heavy (non-hydrogen) atoms. The molecular weight excluding hydrogens is 406 g/mol. The van der Waals surface area contributed by atoms with Crippen LogP contribution >= 0.6 is 11.6 Å². The number of unbranched alkanes of at least 4 members (excludes halogenated alkanes) is 2. The number of aliphatic carboxylic acids is 2. The standard InChI is InChI=1S/C23H32ClNO5/c1-23(2,22(29)30)12-7-3-4-10-19(17-8-5-6-9-18(17)24)25-13-11-20(26)16(15-25)14-21(27)28/h5-6,8-9,14,19-20,26H,3-4,7,10-13,15H2,1-2H3,(H,27,28)(H,29,30)/b16-14+. The number of likely N-dealkylation sites (tertiary alicyclic amines) is 1. The summed E-state index contributed by atoms with van der Waals surface area (Å²) in [6, 6.07) is 7.68. The lowest BCUT2D eigenvalue weighted by Crippen LogP contribution is -2.40. The predicted molar refractivity (Wildman–Crippen MR) is 117 cm³/mol. The first-order chi connectivity index (χ1) is 14.1. The van der Waals surface area contributed by atoms with Crippen LogP contribution in [0.3, 0.4) is 0 Å². The summed E-state index contributed by atoms with van der Waals surface area (Å²) >= 11 is 6.47. The number of carboxylic acids is 2. The van der Waals surface area contributed by atoms with Crippen molar-refractivity contribution in [3.63, 3.8) is 0 Å². The molecule has 1 aliphatic rings. The Morgan fingerprint density at radius 1 is 1.23 bits per heavy atom. The zero-order valence-electron chi connectivity index (χ0n) is 17.7. The van der Waals surface area contributed by atoms with Gasteiger partial charge in [-0.1, -0.05) is 49.1 Å². The number of halogens is 1. The number of benzene rings is 1. The van der Waals surface area contributed by atoms with E-state index in [4.69, 9.17) is 16.7 Å². The predicted octanol–water partition coefficient (Wildman–Crippen LogP) is 4.52. The molecule has 1 aliphatic heterocycles. The largest absolute Gasteiger partial charge is 0.481 e. The lowest BCUT2D eigenvalue weighted by atomic mass is 9.86. The first-order valence-electron chi connectivity index (χ1n) is 10.4. The van der Waals surface area contributed by atoms with Crippen LogP contribution in [0.15, 0.2) is 35.9 Å². The minimum atomic E-state index is -1.05.